The number of anilines is 1. The first-order valence-electron chi connectivity index (χ1n) is 6.53. The second-order valence-corrected chi connectivity index (χ2v) is 4.67. The average molecular weight is 283 g/mol. The summed E-state index contributed by atoms with van der Waals surface area (Å²) >= 11 is 0. The van der Waals surface area contributed by atoms with Gasteiger partial charge in [-0.1, -0.05) is 12.0 Å². The first-order valence-corrected chi connectivity index (χ1v) is 6.53. The SMILES string of the molecule is C#CCN(C)CCn1nc(-c2cccc(N)n2)ccc1=O. The highest BCUT2D eigenvalue weighted by Gasteiger charge is 2.06. The third-order valence-electron chi connectivity index (χ3n) is 2.95. The molecule has 0 aromatic carbocycles. The standard InChI is InChI=1S/C15H17N5O/c1-3-9-19(2)10-11-20-15(21)8-7-13(18-20)12-5-4-6-14(16)17-12/h1,4-8H,9-11H2,2H3,(H2,16,17). The second-order valence-electron chi connectivity index (χ2n) is 4.67. The summed E-state index contributed by atoms with van der Waals surface area (Å²) in [5.41, 5.74) is 6.76. The summed E-state index contributed by atoms with van der Waals surface area (Å²) in [6.45, 7) is 1.64. The van der Waals surface area contributed by atoms with Gasteiger partial charge in [-0.25, -0.2) is 9.67 Å². The van der Waals surface area contributed by atoms with Crippen molar-refractivity contribution >= 4 is 5.82 Å². The van der Waals surface area contributed by atoms with E-state index >= 15 is 0 Å². The van der Waals surface area contributed by atoms with Gasteiger partial charge in [-0.2, -0.15) is 5.10 Å². The van der Waals surface area contributed by atoms with Gasteiger partial charge in [0.2, 0.25) is 0 Å². The van der Waals surface area contributed by atoms with Crippen molar-refractivity contribution in [2.45, 2.75) is 6.54 Å². The molecule has 0 bridgehead atoms. The number of nitrogen functional groups attached to an aromatic ring is 1. The van der Waals surface area contributed by atoms with Gasteiger partial charge in [0.1, 0.15) is 11.5 Å². The number of nitrogens with two attached hydrogens (primary N) is 1. The summed E-state index contributed by atoms with van der Waals surface area (Å²) in [4.78, 5) is 18.0. The highest BCUT2D eigenvalue weighted by atomic mass is 16.1. The molecule has 0 spiro atoms. The molecule has 0 radical (unpaired) electrons. The molecule has 2 heterocycles. The van der Waals surface area contributed by atoms with Crippen molar-refractivity contribution in [1.82, 2.24) is 19.7 Å². The molecule has 0 saturated carbocycles. The van der Waals surface area contributed by atoms with Crippen LogP contribution in [0.2, 0.25) is 0 Å². The highest BCUT2D eigenvalue weighted by Crippen LogP contribution is 2.13. The van der Waals surface area contributed by atoms with E-state index in [1.807, 2.05) is 11.9 Å². The van der Waals surface area contributed by atoms with E-state index in [0.717, 1.165) is 0 Å². The summed E-state index contributed by atoms with van der Waals surface area (Å²) in [5, 5.41) is 4.32. The van der Waals surface area contributed by atoms with Crippen molar-refractivity contribution in [3.05, 3.63) is 40.7 Å². The molecule has 2 N–H and O–H groups in total. The van der Waals surface area contributed by atoms with Crippen molar-refractivity contribution in [2.24, 2.45) is 0 Å². The minimum Gasteiger partial charge on any atom is -0.384 e. The summed E-state index contributed by atoms with van der Waals surface area (Å²) in [6.07, 6.45) is 5.25. The van der Waals surface area contributed by atoms with Crippen LogP contribution >= 0.6 is 0 Å². The van der Waals surface area contributed by atoms with Crippen molar-refractivity contribution < 1.29 is 0 Å². The van der Waals surface area contributed by atoms with Gasteiger partial charge >= 0.3 is 0 Å². The lowest BCUT2D eigenvalue weighted by atomic mass is 10.2. The Balaban J connectivity index is 2.22. The molecule has 2 aromatic heterocycles. The van der Waals surface area contributed by atoms with Gasteiger partial charge < -0.3 is 5.73 Å². The van der Waals surface area contributed by atoms with E-state index in [4.69, 9.17) is 12.2 Å². The minimum absolute atomic E-state index is 0.156. The molecule has 0 aliphatic carbocycles. The molecule has 0 fully saturated rings. The normalized spacial score (nSPS) is 10.5. The monoisotopic (exact) mass is 283 g/mol. The molecule has 0 aliphatic heterocycles. The second kappa shape index (κ2) is 6.68. The first kappa shape index (κ1) is 14.8. The van der Waals surface area contributed by atoms with Crippen LogP contribution in [0.4, 0.5) is 5.82 Å². The Morgan fingerprint density at radius 2 is 2.14 bits per heavy atom. The van der Waals surface area contributed by atoms with Gasteiger partial charge in [0.25, 0.3) is 5.56 Å². The molecule has 0 unspecified atom stereocenters. The Kier molecular flexibility index (Phi) is 4.69. The zero-order valence-corrected chi connectivity index (χ0v) is 11.9. The van der Waals surface area contributed by atoms with Crippen LogP contribution < -0.4 is 11.3 Å². The molecule has 2 rings (SSSR count). The third kappa shape index (κ3) is 3.91. The van der Waals surface area contributed by atoms with Crippen LogP contribution in [0.1, 0.15) is 0 Å². The summed E-state index contributed by atoms with van der Waals surface area (Å²) < 4.78 is 1.41. The van der Waals surface area contributed by atoms with Gasteiger partial charge in [0, 0.05) is 12.6 Å². The zero-order valence-electron chi connectivity index (χ0n) is 11.9. The van der Waals surface area contributed by atoms with Crippen molar-refractivity contribution in [3.8, 4) is 23.7 Å². The topological polar surface area (TPSA) is 77.0 Å². The smallest absolute Gasteiger partial charge is 0.266 e. The summed E-state index contributed by atoms with van der Waals surface area (Å²) in [7, 11) is 1.90. The van der Waals surface area contributed by atoms with Crippen LogP contribution in [0.15, 0.2) is 35.1 Å². The van der Waals surface area contributed by atoms with Gasteiger partial charge in [-0.05, 0) is 25.2 Å². The maximum Gasteiger partial charge on any atom is 0.266 e. The first-order chi connectivity index (χ1) is 10.1. The Morgan fingerprint density at radius 3 is 2.86 bits per heavy atom. The predicted molar refractivity (Wildman–Crippen MR) is 82.5 cm³/mol. The van der Waals surface area contributed by atoms with E-state index in [9.17, 15) is 4.79 Å². The Hall–Kier alpha value is -2.65. The quantitative estimate of drug-likeness (QED) is 0.806. The molecule has 0 atom stereocenters. The lowest BCUT2D eigenvalue weighted by Gasteiger charge is -2.13. The number of nitrogens with zero attached hydrogens (tertiary/aromatic N) is 4. The fourth-order valence-corrected chi connectivity index (χ4v) is 1.84. The molecular formula is C15H17N5O. The van der Waals surface area contributed by atoms with Gasteiger partial charge in [-0.3, -0.25) is 9.69 Å². The van der Waals surface area contributed by atoms with Crippen molar-refractivity contribution in [3.63, 3.8) is 0 Å². The van der Waals surface area contributed by atoms with E-state index in [-0.39, 0.29) is 5.56 Å². The molecule has 0 saturated heterocycles. The minimum atomic E-state index is -0.156. The largest absolute Gasteiger partial charge is 0.384 e. The van der Waals surface area contributed by atoms with Crippen LogP contribution in [-0.4, -0.2) is 39.8 Å². The van der Waals surface area contributed by atoms with E-state index < -0.39 is 0 Å². The van der Waals surface area contributed by atoms with Crippen molar-refractivity contribution in [2.75, 3.05) is 25.9 Å². The van der Waals surface area contributed by atoms with Gasteiger partial charge in [0.15, 0.2) is 0 Å². The zero-order chi connectivity index (χ0) is 15.2. The number of likely N-dealkylation sites (N-methyl/N-ethyl adjacent to an activating group) is 1. The van der Waals surface area contributed by atoms with E-state index in [0.29, 0.717) is 36.8 Å². The molecule has 108 valence electrons. The average Bonchev–Trinajstić information content (AvgIpc) is 2.47. The number of hydrogen-bond acceptors (Lipinski definition) is 5. The fraction of sp³-hybridized carbons (Fsp3) is 0.267. The van der Waals surface area contributed by atoms with Crippen LogP contribution in [-0.2, 0) is 6.54 Å². The molecule has 21 heavy (non-hydrogen) atoms. The number of aromatic nitrogens is 3. The maximum absolute atomic E-state index is 11.8. The van der Waals surface area contributed by atoms with Crippen molar-refractivity contribution in [1.29, 1.82) is 0 Å². The fourth-order valence-electron chi connectivity index (χ4n) is 1.84. The van der Waals surface area contributed by atoms with E-state index in [1.165, 1.54) is 10.7 Å². The highest BCUT2D eigenvalue weighted by molar-refractivity contribution is 5.55. The number of terminal acetylenes is 1. The van der Waals surface area contributed by atoms with Gasteiger partial charge in [0.05, 0.1) is 18.8 Å². The van der Waals surface area contributed by atoms with Crippen LogP contribution in [0, 0.1) is 12.3 Å². The Labute approximate surface area is 123 Å². The van der Waals surface area contributed by atoms with Crippen LogP contribution in [0.25, 0.3) is 11.4 Å². The lowest BCUT2D eigenvalue weighted by Crippen LogP contribution is -2.30. The van der Waals surface area contributed by atoms with Crippen LogP contribution in [0.3, 0.4) is 0 Å². The number of rotatable bonds is 5. The molecule has 2 aromatic rings. The summed E-state index contributed by atoms with van der Waals surface area (Å²) in [5.74, 6) is 2.97. The number of hydrogen-bond donors (Lipinski definition) is 1. The number of pyridine rings is 1. The Bertz CT molecular complexity index is 716. The molecule has 0 aliphatic rings. The maximum atomic E-state index is 11.8. The summed E-state index contributed by atoms with van der Waals surface area (Å²) in [6, 6.07) is 8.43. The molecular weight excluding hydrogens is 266 g/mol. The van der Waals surface area contributed by atoms with Crippen LogP contribution in [0.5, 0.6) is 0 Å². The van der Waals surface area contributed by atoms with E-state index in [2.05, 4.69) is 16.0 Å². The third-order valence-corrected chi connectivity index (χ3v) is 2.95. The Morgan fingerprint density at radius 1 is 1.33 bits per heavy atom. The molecule has 0 amide bonds. The lowest BCUT2D eigenvalue weighted by molar-refractivity contribution is 0.343. The van der Waals surface area contributed by atoms with Gasteiger partial charge in [-0.15, -0.1) is 6.42 Å². The molecule has 6 heteroatoms. The predicted octanol–water partition coefficient (Wildman–Crippen LogP) is 0.453. The van der Waals surface area contributed by atoms with E-state index in [1.54, 1.807) is 24.3 Å². The molecule has 6 nitrogen and oxygen atoms in total.